The Morgan fingerprint density at radius 1 is 1.45 bits per heavy atom. The molecule has 1 amide bonds. The van der Waals surface area contributed by atoms with Crippen LogP contribution < -0.4 is 5.32 Å². The number of carbonyl (C=O) groups excluding carboxylic acids is 1. The van der Waals surface area contributed by atoms with Gasteiger partial charge in [0, 0.05) is 4.47 Å². The van der Waals surface area contributed by atoms with Crippen molar-refractivity contribution in [2.24, 2.45) is 0 Å². The molecule has 5 nitrogen and oxygen atoms in total. The molecule has 106 valence electrons. The number of aromatic nitrogens is 3. The van der Waals surface area contributed by atoms with Gasteiger partial charge >= 0.3 is 0 Å². The van der Waals surface area contributed by atoms with Crippen LogP contribution in [0.5, 0.6) is 0 Å². The van der Waals surface area contributed by atoms with E-state index in [1.807, 2.05) is 13.8 Å². The number of halogens is 2. The quantitative estimate of drug-likeness (QED) is 0.932. The van der Waals surface area contributed by atoms with Gasteiger partial charge in [0.15, 0.2) is 0 Å². The van der Waals surface area contributed by atoms with Crippen LogP contribution in [0.2, 0.25) is 0 Å². The molecule has 0 aliphatic heterocycles. The predicted octanol–water partition coefficient (Wildman–Crippen LogP) is 3.32. The molecule has 1 aromatic heterocycles. The second-order valence-electron chi connectivity index (χ2n) is 4.61. The van der Waals surface area contributed by atoms with Crippen LogP contribution in [0.15, 0.2) is 22.9 Å². The van der Waals surface area contributed by atoms with Gasteiger partial charge in [-0.15, -0.1) is 0 Å². The van der Waals surface area contributed by atoms with Crippen molar-refractivity contribution in [3.63, 3.8) is 0 Å². The zero-order chi connectivity index (χ0) is 14.9. The summed E-state index contributed by atoms with van der Waals surface area (Å²) in [6.07, 6.45) is 1.35. The summed E-state index contributed by atoms with van der Waals surface area (Å²) in [5.74, 6) is -0.821. The zero-order valence-corrected chi connectivity index (χ0v) is 12.9. The summed E-state index contributed by atoms with van der Waals surface area (Å²) in [6, 6.07) is 2.86. The topological polar surface area (TPSA) is 59.8 Å². The van der Waals surface area contributed by atoms with Gasteiger partial charge in [-0.1, -0.05) is 15.9 Å². The smallest absolute Gasteiger partial charge is 0.261 e. The number of carbonyl (C=O) groups is 1. The van der Waals surface area contributed by atoms with Crippen molar-refractivity contribution in [2.75, 3.05) is 5.32 Å². The minimum Gasteiger partial charge on any atom is -0.290 e. The number of amides is 1. The molecular formula is C13H14BrFN4O. The fourth-order valence-electron chi connectivity index (χ4n) is 1.81. The number of hydrogen-bond acceptors (Lipinski definition) is 3. The van der Waals surface area contributed by atoms with E-state index in [0.29, 0.717) is 16.0 Å². The maximum absolute atomic E-state index is 13.8. The molecule has 1 aromatic carbocycles. The van der Waals surface area contributed by atoms with Crippen LogP contribution in [0.4, 0.5) is 10.3 Å². The van der Waals surface area contributed by atoms with Crippen LogP contribution in [0.25, 0.3) is 0 Å². The highest BCUT2D eigenvalue weighted by Gasteiger charge is 2.19. The monoisotopic (exact) mass is 340 g/mol. The number of anilines is 1. The molecule has 0 saturated carbocycles. The molecule has 2 rings (SSSR count). The van der Waals surface area contributed by atoms with Crippen LogP contribution in [-0.2, 0) is 0 Å². The van der Waals surface area contributed by atoms with Gasteiger partial charge in [0.1, 0.15) is 12.1 Å². The van der Waals surface area contributed by atoms with Gasteiger partial charge in [0.25, 0.3) is 5.91 Å². The third kappa shape index (κ3) is 2.72. The lowest BCUT2D eigenvalue weighted by Crippen LogP contribution is -2.19. The largest absolute Gasteiger partial charge is 0.290 e. The van der Waals surface area contributed by atoms with E-state index in [4.69, 9.17) is 0 Å². The van der Waals surface area contributed by atoms with E-state index in [2.05, 4.69) is 31.3 Å². The van der Waals surface area contributed by atoms with Gasteiger partial charge in [-0.3, -0.25) is 10.1 Å². The average molecular weight is 341 g/mol. The van der Waals surface area contributed by atoms with Gasteiger partial charge < -0.3 is 0 Å². The first-order chi connectivity index (χ1) is 9.41. The van der Waals surface area contributed by atoms with Gasteiger partial charge in [-0.25, -0.2) is 9.07 Å². The van der Waals surface area contributed by atoms with Crippen LogP contribution in [0.1, 0.15) is 35.8 Å². The highest BCUT2D eigenvalue weighted by atomic mass is 79.9. The predicted molar refractivity (Wildman–Crippen MR) is 77.2 cm³/mol. The van der Waals surface area contributed by atoms with E-state index < -0.39 is 11.7 Å². The fourth-order valence-corrected chi connectivity index (χ4v) is 2.14. The molecule has 0 aliphatic rings. The number of rotatable bonds is 3. The van der Waals surface area contributed by atoms with Crippen molar-refractivity contribution in [2.45, 2.75) is 26.8 Å². The lowest BCUT2D eigenvalue weighted by Gasteiger charge is -2.12. The summed E-state index contributed by atoms with van der Waals surface area (Å²) in [5, 5.41) is 6.60. The van der Waals surface area contributed by atoms with E-state index in [9.17, 15) is 9.18 Å². The molecule has 0 radical (unpaired) electrons. The average Bonchev–Trinajstić information content (AvgIpc) is 2.82. The molecule has 0 fully saturated rings. The minimum absolute atomic E-state index is 0.00215. The molecule has 0 bridgehead atoms. The molecule has 1 heterocycles. The molecular weight excluding hydrogens is 327 g/mol. The molecule has 0 unspecified atom stereocenters. The Bertz CT molecular complexity index is 654. The van der Waals surface area contributed by atoms with E-state index in [1.54, 1.807) is 17.7 Å². The molecule has 1 N–H and O–H groups in total. The highest BCUT2D eigenvalue weighted by molar-refractivity contribution is 9.10. The standard InChI is InChI=1S/C13H14BrFN4O/c1-7(2)19-13(16-6-17-19)18-12(20)11-8(3)9(14)4-5-10(11)15/h4-7H,1-3H3,(H,16,17,18,20). The van der Waals surface area contributed by atoms with Crippen molar-refractivity contribution >= 4 is 27.8 Å². The normalized spacial score (nSPS) is 10.9. The van der Waals surface area contributed by atoms with Crippen LogP contribution in [0.3, 0.4) is 0 Å². The van der Waals surface area contributed by atoms with Gasteiger partial charge in [-0.05, 0) is 38.5 Å². The van der Waals surface area contributed by atoms with E-state index in [0.717, 1.165) is 0 Å². The Labute approximate surface area is 124 Å². The number of hydrogen-bond donors (Lipinski definition) is 1. The second-order valence-corrected chi connectivity index (χ2v) is 5.46. The third-order valence-electron chi connectivity index (χ3n) is 2.86. The molecule has 0 aliphatic carbocycles. The first-order valence-corrected chi connectivity index (χ1v) is 6.86. The molecule has 0 spiro atoms. The van der Waals surface area contributed by atoms with Crippen molar-refractivity contribution in [1.82, 2.24) is 14.8 Å². The van der Waals surface area contributed by atoms with Gasteiger partial charge in [-0.2, -0.15) is 10.1 Å². The Kier molecular flexibility index (Phi) is 4.17. The minimum atomic E-state index is -0.571. The van der Waals surface area contributed by atoms with Crippen molar-refractivity contribution in [3.05, 3.63) is 39.9 Å². The van der Waals surface area contributed by atoms with E-state index >= 15 is 0 Å². The summed E-state index contributed by atoms with van der Waals surface area (Å²) in [5.41, 5.74) is 0.538. The maximum atomic E-state index is 13.8. The lowest BCUT2D eigenvalue weighted by atomic mass is 10.1. The van der Waals surface area contributed by atoms with Crippen LogP contribution in [0, 0.1) is 12.7 Å². The summed E-state index contributed by atoms with van der Waals surface area (Å²) < 4.78 is 16.1. The van der Waals surface area contributed by atoms with Crippen molar-refractivity contribution < 1.29 is 9.18 Å². The molecule has 0 saturated heterocycles. The van der Waals surface area contributed by atoms with Crippen molar-refractivity contribution in [1.29, 1.82) is 0 Å². The number of nitrogens with one attached hydrogen (secondary N) is 1. The second kappa shape index (κ2) is 5.70. The molecule has 0 atom stereocenters. The summed E-state index contributed by atoms with van der Waals surface area (Å²) in [7, 11) is 0. The maximum Gasteiger partial charge on any atom is 0.261 e. The first-order valence-electron chi connectivity index (χ1n) is 6.07. The van der Waals surface area contributed by atoms with Crippen molar-refractivity contribution in [3.8, 4) is 0 Å². The third-order valence-corrected chi connectivity index (χ3v) is 3.72. The zero-order valence-electron chi connectivity index (χ0n) is 11.3. The van der Waals surface area contributed by atoms with Crippen LogP contribution in [-0.4, -0.2) is 20.7 Å². The summed E-state index contributed by atoms with van der Waals surface area (Å²) in [6.45, 7) is 5.50. The SMILES string of the molecule is Cc1c(Br)ccc(F)c1C(=O)Nc1ncnn1C(C)C. The molecule has 2 aromatic rings. The lowest BCUT2D eigenvalue weighted by molar-refractivity contribution is 0.102. The van der Waals surface area contributed by atoms with Gasteiger partial charge in [0.05, 0.1) is 11.6 Å². The molecule has 20 heavy (non-hydrogen) atoms. The first kappa shape index (κ1) is 14.6. The Hall–Kier alpha value is -1.76. The van der Waals surface area contributed by atoms with Gasteiger partial charge in [0.2, 0.25) is 5.95 Å². The summed E-state index contributed by atoms with van der Waals surface area (Å²) in [4.78, 5) is 16.2. The van der Waals surface area contributed by atoms with E-state index in [-0.39, 0.29) is 11.6 Å². The molecule has 7 heteroatoms. The number of nitrogens with zero attached hydrogens (tertiary/aromatic N) is 3. The Morgan fingerprint density at radius 2 is 2.15 bits per heavy atom. The summed E-state index contributed by atoms with van der Waals surface area (Å²) >= 11 is 3.28. The Morgan fingerprint density at radius 3 is 2.80 bits per heavy atom. The fraction of sp³-hybridized carbons (Fsp3) is 0.308. The Balaban J connectivity index is 2.34. The highest BCUT2D eigenvalue weighted by Crippen LogP contribution is 2.23. The van der Waals surface area contributed by atoms with E-state index in [1.165, 1.54) is 12.4 Å². The van der Waals surface area contributed by atoms with Crippen LogP contribution >= 0.6 is 15.9 Å². The number of benzene rings is 1.